The van der Waals surface area contributed by atoms with E-state index < -0.39 is 15.6 Å². The van der Waals surface area contributed by atoms with E-state index in [1.165, 1.54) is 0 Å². The van der Waals surface area contributed by atoms with Gasteiger partial charge in [-0.15, -0.1) is 0 Å². The summed E-state index contributed by atoms with van der Waals surface area (Å²) >= 11 is 0. The Balaban J connectivity index is 2.17. The van der Waals surface area contributed by atoms with E-state index in [1.807, 2.05) is 19.1 Å². The van der Waals surface area contributed by atoms with Gasteiger partial charge in [0.2, 0.25) is 10.0 Å². The molecule has 0 spiro atoms. The molecular formula is C15H24N2O2S. The van der Waals surface area contributed by atoms with E-state index in [1.54, 1.807) is 12.1 Å². The molecule has 1 saturated carbocycles. The molecule has 0 heterocycles. The third kappa shape index (κ3) is 3.40. The van der Waals surface area contributed by atoms with E-state index in [-0.39, 0.29) is 0 Å². The normalized spacial score (nSPS) is 18.8. The maximum absolute atomic E-state index is 12.4. The zero-order valence-electron chi connectivity index (χ0n) is 12.2. The highest BCUT2D eigenvalue weighted by Gasteiger charge is 2.43. The van der Waals surface area contributed by atoms with Crippen LogP contribution in [-0.2, 0) is 16.4 Å². The Hall–Kier alpha value is -0.910. The van der Waals surface area contributed by atoms with Crippen LogP contribution in [0.25, 0.3) is 0 Å². The van der Waals surface area contributed by atoms with Crippen LogP contribution in [0.4, 0.5) is 0 Å². The van der Waals surface area contributed by atoms with Crippen molar-refractivity contribution < 1.29 is 8.42 Å². The van der Waals surface area contributed by atoms with Crippen molar-refractivity contribution in [1.29, 1.82) is 0 Å². The smallest absolute Gasteiger partial charge is 0.241 e. The maximum Gasteiger partial charge on any atom is 0.241 e. The molecule has 1 unspecified atom stereocenters. The molecule has 0 bridgehead atoms. The number of hydrogen-bond acceptors (Lipinski definition) is 3. The van der Waals surface area contributed by atoms with Crippen molar-refractivity contribution in [1.82, 2.24) is 4.72 Å². The van der Waals surface area contributed by atoms with Crippen LogP contribution < -0.4 is 10.5 Å². The molecule has 1 fully saturated rings. The average Bonchev–Trinajstić information content (AvgIpc) is 3.24. The first-order valence-electron chi connectivity index (χ1n) is 7.24. The molecule has 2 rings (SSSR count). The van der Waals surface area contributed by atoms with Gasteiger partial charge in [0, 0.05) is 12.1 Å². The number of hydrogen-bond donors (Lipinski definition) is 2. The van der Waals surface area contributed by atoms with E-state index in [0.29, 0.717) is 17.4 Å². The molecule has 0 aliphatic heterocycles. The third-order valence-electron chi connectivity index (χ3n) is 4.04. The van der Waals surface area contributed by atoms with Gasteiger partial charge >= 0.3 is 0 Å². The molecule has 0 radical (unpaired) electrons. The first-order chi connectivity index (χ1) is 9.41. The second-order valence-electron chi connectivity index (χ2n) is 5.90. The van der Waals surface area contributed by atoms with Gasteiger partial charge in [-0.25, -0.2) is 13.1 Å². The summed E-state index contributed by atoms with van der Waals surface area (Å²) in [6.07, 6.45) is 4.12. The van der Waals surface area contributed by atoms with Gasteiger partial charge in [0.05, 0.1) is 4.90 Å². The lowest BCUT2D eigenvalue weighted by Crippen LogP contribution is -2.52. The molecule has 0 aromatic heterocycles. The topological polar surface area (TPSA) is 72.2 Å². The zero-order valence-corrected chi connectivity index (χ0v) is 13.0. The lowest BCUT2D eigenvalue weighted by molar-refractivity contribution is 0.374. The van der Waals surface area contributed by atoms with E-state index in [9.17, 15) is 8.42 Å². The number of rotatable bonds is 7. The Labute approximate surface area is 121 Å². The summed E-state index contributed by atoms with van der Waals surface area (Å²) in [4.78, 5) is 0.317. The Kier molecular flexibility index (Phi) is 4.52. The molecule has 3 N–H and O–H groups in total. The standard InChI is InChI=1S/C15H24N2O2S/c1-3-4-12-5-9-14(10-6-12)20(18,19)17-15(2,11-16)13-7-8-13/h5-6,9-10,13,17H,3-4,7-8,11,16H2,1-2H3. The fourth-order valence-electron chi connectivity index (χ4n) is 2.50. The minimum atomic E-state index is -3.50. The Bertz CT molecular complexity index is 550. The first-order valence-corrected chi connectivity index (χ1v) is 8.72. The number of benzene rings is 1. The van der Waals surface area contributed by atoms with Crippen LogP contribution in [0.3, 0.4) is 0 Å². The largest absolute Gasteiger partial charge is 0.329 e. The van der Waals surface area contributed by atoms with E-state index in [0.717, 1.165) is 31.2 Å². The molecule has 4 nitrogen and oxygen atoms in total. The first kappa shape index (κ1) is 15.5. The van der Waals surface area contributed by atoms with Crippen molar-refractivity contribution in [2.75, 3.05) is 6.54 Å². The van der Waals surface area contributed by atoms with E-state index >= 15 is 0 Å². The monoisotopic (exact) mass is 296 g/mol. The van der Waals surface area contributed by atoms with Crippen molar-refractivity contribution in [2.24, 2.45) is 11.7 Å². The van der Waals surface area contributed by atoms with Gasteiger partial charge in [-0.3, -0.25) is 0 Å². The molecular weight excluding hydrogens is 272 g/mol. The summed E-state index contributed by atoms with van der Waals surface area (Å²) in [6.45, 7) is 4.33. The Morgan fingerprint density at radius 3 is 2.35 bits per heavy atom. The Morgan fingerprint density at radius 1 is 1.30 bits per heavy atom. The molecule has 1 aromatic rings. The summed E-state index contributed by atoms with van der Waals surface area (Å²) < 4.78 is 27.7. The van der Waals surface area contributed by atoms with Crippen molar-refractivity contribution >= 4 is 10.0 Å². The molecule has 1 atom stereocenters. The third-order valence-corrected chi connectivity index (χ3v) is 5.67. The fraction of sp³-hybridized carbons (Fsp3) is 0.600. The van der Waals surface area contributed by atoms with Gasteiger partial charge in [-0.05, 0) is 49.8 Å². The van der Waals surface area contributed by atoms with Crippen LogP contribution in [0.1, 0.15) is 38.7 Å². The van der Waals surface area contributed by atoms with Gasteiger partial charge in [-0.1, -0.05) is 25.5 Å². The summed E-state index contributed by atoms with van der Waals surface area (Å²) in [5, 5.41) is 0. The number of aryl methyl sites for hydroxylation is 1. The molecule has 1 aromatic carbocycles. The van der Waals surface area contributed by atoms with Gasteiger partial charge in [-0.2, -0.15) is 0 Å². The average molecular weight is 296 g/mol. The zero-order chi connectivity index (χ0) is 14.8. The van der Waals surface area contributed by atoms with Crippen LogP contribution in [0.2, 0.25) is 0 Å². The summed E-state index contributed by atoms with van der Waals surface area (Å²) in [5.74, 6) is 0.363. The molecule has 1 aliphatic rings. The second kappa shape index (κ2) is 5.84. The molecule has 1 aliphatic carbocycles. The highest BCUT2D eigenvalue weighted by molar-refractivity contribution is 7.89. The van der Waals surface area contributed by atoms with Crippen LogP contribution in [0.15, 0.2) is 29.2 Å². The predicted octanol–water partition coefficient (Wildman–Crippen LogP) is 2.04. The minimum absolute atomic E-state index is 0.317. The Morgan fingerprint density at radius 2 is 1.90 bits per heavy atom. The van der Waals surface area contributed by atoms with Gasteiger partial charge in [0.15, 0.2) is 0 Å². The van der Waals surface area contributed by atoms with E-state index in [2.05, 4.69) is 11.6 Å². The summed E-state index contributed by atoms with van der Waals surface area (Å²) in [7, 11) is -3.50. The van der Waals surface area contributed by atoms with E-state index in [4.69, 9.17) is 5.73 Å². The quantitative estimate of drug-likeness (QED) is 0.809. The summed E-state index contributed by atoms with van der Waals surface area (Å²) in [6, 6.07) is 7.12. The SMILES string of the molecule is CCCc1ccc(S(=O)(=O)NC(C)(CN)C2CC2)cc1. The minimum Gasteiger partial charge on any atom is -0.329 e. The molecule has 112 valence electrons. The van der Waals surface area contributed by atoms with Crippen molar-refractivity contribution in [3.63, 3.8) is 0 Å². The van der Waals surface area contributed by atoms with Crippen LogP contribution >= 0.6 is 0 Å². The van der Waals surface area contributed by atoms with Gasteiger partial charge < -0.3 is 5.73 Å². The number of nitrogens with one attached hydrogen (secondary N) is 1. The highest BCUT2D eigenvalue weighted by atomic mass is 32.2. The number of sulfonamides is 1. The number of nitrogens with two attached hydrogens (primary N) is 1. The van der Waals surface area contributed by atoms with Crippen LogP contribution in [0, 0.1) is 5.92 Å². The molecule has 5 heteroatoms. The highest BCUT2D eigenvalue weighted by Crippen LogP contribution is 2.39. The predicted molar refractivity (Wildman–Crippen MR) is 80.9 cm³/mol. The molecule has 20 heavy (non-hydrogen) atoms. The van der Waals surface area contributed by atoms with Crippen molar-refractivity contribution in [3.05, 3.63) is 29.8 Å². The van der Waals surface area contributed by atoms with Crippen molar-refractivity contribution in [2.45, 2.75) is 50.0 Å². The van der Waals surface area contributed by atoms with Crippen LogP contribution in [-0.4, -0.2) is 20.5 Å². The van der Waals surface area contributed by atoms with Gasteiger partial charge in [0.25, 0.3) is 0 Å². The van der Waals surface area contributed by atoms with Gasteiger partial charge in [0.1, 0.15) is 0 Å². The lowest BCUT2D eigenvalue weighted by Gasteiger charge is -2.29. The molecule has 0 amide bonds. The fourth-order valence-corrected chi connectivity index (χ4v) is 3.98. The van der Waals surface area contributed by atoms with Crippen LogP contribution in [0.5, 0.6) is 0 Å². The summed E-state index contributed by atoms with van der Waals surface area (Å²) in [5.41, 5.74) is 6.41. The molecule has 0 saturated heterocycles. The lowest BCUT2D eigenvalue weighted by atomic mass is 9.98. The second-order valence-corrected chi connectivity index (χ2v) is 7.58. The van der Waals surface area contributed by atoms with Crippen molar-refractivity contribution in [3.8, 4) is 0 Å². The maximum atomic E-state index is 12.4.